The zero-order valence-electron chi connectivity index (χ0n) is 10.7. The van der Waals surface area contributed by atoms with E-state index in [0.717, 1.165) is 0 Å². The van der Waals surface area contributed by atoms with Crippen LogP contribution < -0.4 is 0 Å². The van der Waals surface area contributed by atoms with Crippen LogP contribution in [0.4, 0.5) is 0 Å². The van der Waals surface area contributed by atoms with Gasteiger partial charge in [0.25, 0.3) is 0 Å². The minimum atomic E-state index is -1.66. The molecule has 5 heteroatoms. The van der Waals surface area contributed by atoms with Crippen molar-refractivity contribution >= 4 is 0 Å². The quantitative estimate of drug-likeness (QED) is 0.665. The molecule has 2 atom stereocenters. The summed E-state index contributed by atoms with van der Waals surface area (Å²) in [6.07, 6.45) is 7.18. The van der Waals surface area contributed by atoms with Crippen molar-refractivity contribution in [1.29, 1.82) is 21.0 Å². The smallest absolute Gasteiger partial charge is 0.182 e. The summed E-state index contributed by atoms with van der Waals surface area (Å²) >= 11 is 0. The van der Waals surface area contributed by atoms with Gasteiger partial charge in [-0.2, -0.15) is 21.0 Å². The first-order chi connectivity index (χ1) is 9.61. The van der Waals surface area contributed by atoms with Gasteiger partial charge in [0.2, 0.25) is 0 Å². The molecule has 5 nitrogen and oxygen atoms in total. The van der Waals surface area contributed by atoms with Crippen molar-refractivity contribution in [3.8, 4) is 24.3 Å². The van der Waals surface area contributed by atoms with E-state index in [1.807, 2.05) is 36.4 Å². The summed E-state index contributed by atoms with van der Waals surface area (Å²) in [5, 5.41) is 38.3. The zero-order chi connectivity index (χ0) is 14.6. The fourth-order valence-electron chi connectivity index (χ4n) is 4.14. The van der Waals surface area contributed by atoms with Gasteiger partial charge in [-0.3, -0.25) is 0 Å². The predicted octanol–water partition coefficient (Wildman–Crippen LogP) is 1.44. The second kappa shape index (κ2) is 3.49. The lowest BCUT2D eigenvalue weighted by atomic mass is 9.63. The summed E-state index contributed by atoms with van der Waals surface area (Å²) in [6, 6.07) is 7.88. The summed E-state index contributed by atoms with van der Waals surface area (Å²) < 4.78 is 5.56. The molecule has 0 bridgehead atoms. The van der Waals surface area contributed by atoms with Gasteiger partial charge in [-0.25, -0.2) is 0 Å². The van der Waals surface area contributed by atoms with Gasteiger partial charge in [-0.15, -0.1) is 0 Å². The molecule has 0 heterocycles. The van der Waals surface area contributed by atoms with Gasteiger partial charge in [-0.05, 0) is 0 Å². The Balaban J connectivity index is 2.33. The second-order valence-corrected chi connectivity index (χ2v) is 5.42. The van der Waals surface area contributed by atoms with Gasteiger partial charge >= 0.3 is 0 Å². The van der Waals surface area contributed by atoms with Crippen LogP contribution in [0.25, 0.3) is 0 Å². The minimum Gasteiger partial charge on any atom is -0.370 e. The van der Waals surface area contributed by atoms with Crippen LogP contribution in [0.5, 0.6) is 0 Å². The molecule has 0 amide bonds. The van der Waals surface area contributed by atoms with E-state index < -0.39 is 28.3 Å². The Labute approximate surface area is 116 Å². The monoisotopic (exact) mass is 262 g/mol. The predicted molar refractivity (Wildman–Crippen MR) is 65.8 cm³/mol. The zero-order valence-corrected chi connectivity index (χ0v) is 10.7. The average Bonchev–Trinajstić information content (AvgIpc) is 3.10. The number of rotatable bonds is 1. The third-order valence-corrected chi connectivity index (χ3v) is 5.10. The molecular weight excluding hydrogens is 252 g/mol. The first-order valence-electron chi connectivity index (χ1n) is 6.20. The van der Waals surface area contributed by atoms with Crippen LogP contribution in [-0.2, 0) is 4.74 Å². The lowest BCUT2D eigenvalue weighted by molar-refractivity contribution is 0.0214. The van der Waals surface area contributed by atoms with Crippen molar-refractivity contribution in [3.63, 3.8) is 0 Å². The van der Waals surface area contributed by atoms with Crippen LogP contribution in [0.3, 0.4) is 0 Å². The number of hydrogen-bond acceptors (Lipinski definition) is 5. The number of methoxy groups -OCH3 is 1. The molecule has 0 aromatic heterocycles. The maximum Gasteiger partial charge on any atom is 0.182 e. The molecule has 1 fully saturated rings. The lowest BCUT2D eigenvalue weighted by Gasteiger charge is -2.28. The highest BCUT2D eigenvalue weighted by molar-refractivity contribution is 5.52. The Kier molecular flexibility index (Phi) is 2.17. The fourth-order valence-corrected chi connectivity index (χ4v) is 4.14. The van der Waals surface area contributed by atoms with Crippen molar-refractivity contribution in [1.82, 2.24) is 0 Å². The van der Waals surface area contributed by atoms with Crippen LogP contribution >= 0.6 is 0 Å². The highest BCUT2D eigenvalue weighted by Crippen LogP contribution is 2.69. The summed E-state index contributed by atoms with van der Waals surface area (Å²) in [7, 11) is 1.55. The van der Waals surface area contributed by atoms with Crippen molar-refractivity contribution in [3.05, 3.63) is 24.3 Å². The number of ether oxygens (including phenoxy) is 1. The molecule has 0 saturated heterocycles. The van der Waals surface area contributed by atoms with Gasteiger partial charge in [-0.1, -0.05) is 24.3 Å². The van der Waals surface area contributed by atoms with Crippen LogP contribution in [0.1, 0.15) is 0 Å². The first-order valence-corrected chi connectivity index (χ1v) is 6.20. The standard InChI is InChI=1S/C15H10N4O/c1-20-15-4-2-10-12(15)11(3-5-15)14(8-18,9-19)13(10,6-16)7-17/h2-5,10-12H,1H3. The van der Waals surface area contributed by atoms with E-state index in [1.165, 1.54) is 0 Å². The molecule has 1 saturated carbocycles. The van der Waals surface area contributed by atoms with Crippen LogP contribution in [0.15, 0.2) is 24.3 Å². The largest absolute Gasteiger partial charge is 0.370 e. The normalized spacial score (nSPS) is 40.4. The van der Waals surface area contributed by atoms with Gasteiger partial charge in [0, 0.05) is 24.9 Å². The summed E-state index contributed by atoms with van der Waals surface area (Å²) in [5.41, 5.74) is -4.02. The molecule has 3 rings (SSSR count). The van der Waals surface area contributed by atoms with Crippen molar-refractivity contribution < 1.29 is 4.74 Å². The van der Waals surface area contributed by atoms with Crippen molar-refractivity contribution in [2.24, 2.45) is 28.6 Å². The minimum absolute atomic E-state index is 0.244. The van der Waals surface area contributed by atoms with E-state index in [-0.39, 0.29) is 5.92 Å². The van der Waals surface area contributed by atoms with E-state index in [1.54, 1.807) is 19.3 Å². The maximum atomic E-state index is 9.57. The van der Waals surface area contributed by atoms with E-state index in [9.17, 15) is 21.0 Å². The Morgan fingerprint density at radius 2 is 1.25 bits per heavy atom. The van der Waals surface area contributed by atoms with E-state index in [0.29, 0.717) is 0 Å². The van der Waals surface area contributed by atoms with Gasteiger partial charge in [0.15, 0.2) is 10.8 Å². The first kappa shape index (κ1) is 12.4. The fraction of sp³-hybridized carbons (Fsp3) is 0.467. The van der Waals surface area contributed by atoms with E-state index in [4.69, 9.17) is 4.74 Å². The SMILES string of the molecule is COC12C=CC3C1C(C=C2)C(C#N)(C#N)C3(C#N)C#N. The Morgan fingerprint density at radius 1 is 0.850 bits per heavy atom. The summed E-state index contributed by atoms with van der Waals surface area (Å²) in [5.74, 6) is -1.19. The van der Waals surface area contributed by atoms with Crippen LogP contribution in [0, 0.1) is 73.9 Å². The van der Waals surface area contributed by atoms with E-state index in [2.05, 4.69) is 0 Å². The third-order valence-electron chi connectivity index (χ3n) is 5.10. The van der Waals surface area contributed by atoms with Crippen molar-refractivity contribution in [2.75, 3.05) is 7.11 Å². The Bertz CT molecular complexity index is 622. The number of nitriles is 4. The molecule has 0 aromatic rings. The topological polar surface area (TPSA) is 104 Å². The van der Waals surface area contributed by atoms with Crippen LogP contribution in [0.2, 0.25) is 0 Å². The Morgan fingerprint density at radius 3 is 1.55 bits per heavy atom. The summed E-state index contributed by atoms with van der Waals surface area (Å²) in [4.78, 5) is 0. The molecule has 2 unspecified atom stereocenters. The number of nitrogens with zero attached hydrogens (tertiary/aromatic N) is 4. The van der Waals surface area contributed by atoms with E-state index >= 15 is 0 Å². The molecule has 0 radical (unpaired) electrons. The molecular formula is C15H10N4O. The van der Waals surface area contributed by atoms with Gasteiger partial charge in [0.1, 0.15) is 5.60 Å². The molecule has 3 aliphatic rings. The molecule has 96 valence electrons. The lowest BCUT2D eigenvalue weighted by Crippen LogP contribution is -2.39. The summed E-state index contributed by atoms with van der Waals surface area (Å²) in [6.45, 7) is 0. The highest BCUT2D eigenvalue weighted by Gasteiger charge is 2.76. The average molecular weight is 262 g/mol. The van der Waals surface area contributed by atoms with Gasteiger partial charge in [0.05, 0.1) is 24.3 Å². The Hall–Kier alpha value is -2.60. The molecule has 3 aliphatic carbocycles. The van der Waals surface area contributed by atoms with Gasteiger partial charge < -0.3 is 4.74 Å². The van der Waals surface area contributed by atoms with Crippen molar-refractivity contribution in [2.45, 2.75) is 5.60 Å². The number of hydrogen-bond donors (Lipinski definition) is 0. The molecule has 0 N–H and O–H groups in total. The maximum absolute atomic E-state index is 9.57. The number of allylic oxidation sites excluding steroid dienone is 2. The molecule has 0 aliphatic heterocycles. The molecule has 0 spiro atoms. The molecule has 0 aromatic carbocycles. The second-order valence-electron chi connectivity index (χ2n) is 5.42. The van der Waals surface area contributed by atoms with Crippen LogP contribution in [-0.4, -0.2) is 12.7 Å². The molecule has 20 heavy (non-hydrogen) atoms. The third kappa shape index (κ3) is 0.905. The highest BCUT2D eigenvalue weighted by atomic mass is 16.5.